The number of rotatable bonds is 51. The maximum Gasteiger partial charge on any atom is 0.306 e. The second-order valence-corrected chi connectivity index (χ2v) is 18.9. The van der Waals surface area contributed by atoms with Crippen LogP contribution in [0.3, 0.4) is 0 Å². The van der Waals surface area contributed by atoms with Crippen molar-refractivity contribution in [1.82, 2.24) is 0 Å². The van der Waals surface area contributed by atoms with Gasteiger partial charge in [-0.05, 0) is 44.9 Å². The standard InChI is InChI=1S/C56H106O6/c1-4-7-10-13-16-19-22-24-26-28-29-31-32-34-37-40-43-46-49-55(58)61-52-53(51-60-54(57)48-45-42-39-36-21-18-15-12-9-6-3)62-56(59)50-47-44-41-38-35-33-30-27-25-23-20-17-14-11-8-5-2/h27,30,53H,4-26,28-29,31-52H2,1-3H3/b30-27-/t53-/m1/s1. The minimum absolute atomic E-state index is 0.0678. The summed E-state index contributed by atoms with van der Waals surface area (Å²) in [5.41, 5.74) is 0. The smallest absolute Gasteiger partial charge is 0.306 e. The molecule has 0 heterocycles. The van der Waals surface area contributed by atoms with Crippen molar-refractivity contribution in [1.29, 1.82) is 0 Å². The Morgan fingerprint density at radius 1 is 0.306 bits per heavy atom. The second kappa shape index (κ2) is 51.8. The minimum Gasteiger partial charge on any atom is -0.462 e. The quantitative estimate of drug-likeness (QED) is 0.0262. The SMILES string of the molecule is CCCCCCCCC/C=C\CCCCCCCC(=O)O[C@H](COC(=O)CCCCCCCCCCCC)COC(=O)CCCCCCCCCCCCCCCCCCCC. The Balaban J connectivity index is 4.27. The molecule has 6 nitrogen and oxygen atoms in total. The first-order chi connectivity index (χ1) is 30.5. The van der Waals surface area contributed by atoms with Gasteiger partial charge in [0.1, 0.15) is 13.2 Å². The molecule has 0 aromatic heterocycles. The van der Waals surface area contributed by atoms with Crippen LogP contribution in [-0.2, 0) is 28.6 Å². The molecule has 1 atom stereocenters. The molecule has 0 saturated heterocycles. The van der Waals surface area contributed by atoms with Gasteiger partial charge < -0.3 is 14.2 Å². The molecule has 0 aliphatic carbocycles. The Morgan fingerprint density at radius 3 is 0.806 bits per heavy atom. The van der Waals surface area contributed by atoms with Crippen molar-refractivity contribution in [3.63, 3.8) is 0 Å². The van der Waals surface area contributed by atoms with E-state index in [9.17, 15) is 14.4 Å². The molecule has 0 aliphatic rings. The van der Waals surface area contributed by atoms with E-state index < -0.39 is 6.10 Å². The Morgan fingerprint density at radius 2 is 0.532 bits per heavy atom. The van der Waals surface area contributed by atoms with Crippen LogP contribution < -0.4 is 0 Å². The Bertz CT molecular complexity index is 962. The predicted molar refractivity (Wildman–Crippen MR) is 266 cm³/mol. The van der Waals surface area contributed by atoms with Crippen molar-refractivity contribution in [2.75, 3.05) is 13.2 Å². The molecule has 0 saturated carbocycles. The molecule has 0 radical (unpaired) electrons. The Labute approximate surface area is 386 Å². The maximum absolute atomic E-state index is 12.8. The van der Waals surface area contributed by atoms with Gasteiger partial charge in [-0.25, -0.2) is 0 Å². The van der Waals surface area contributed by atoms with E-state index in [0.29, 0.717) is 19.3 Å². The highest BCUT2D eigenvalue weighted by Gasteiger charge is 2.19. The van der Waals surface area contributed by atoms with E-state index in [4.69, 9.17) is 14.2 Å². The van der Waals surface area contributed by atoms with Crippen molar-refractivity contribution >= 4 is 17.9 Å². The van der Waals surface area contributed by atoms with Crippen LogP contribution in [-0.4, -0.2) is 37.2 Å². The first kappa shape index (κ1) is 60.2. The highest BCUT2D eigenvalue weighted by molar-refractivity contribution is 5.71. The van der Waals surface area contributed by atoms with Gasteiger partial charge in [-0.3, -0.25) is 14.4 Å². The lowest BCUT2D eigenvalue weighted by Gasteiger charge is -2.18. The van der Waals surface area contributed by atoms with Crippen LogP contribution in [0.25, 0.3) is 0 Å². The third kappa shape index (κ3) is 49.2. The average Bonchev–Trinajstić information content (AvgIpc) is 3.27. The summed E-state index contributed by atoms with van der Waals surface area (Å²) in [5.74, 6) is -0.858. The number of carbonyl (C=O) groups is 3. The number of allylic oxidation sites excluding steroid dienone is 2. The zero-order chi connectivity index (χ0) is 45.1. The van der Waals surface area contributed by atoms with Gasteiger partial charge in [0.25, 0.3) is 0 Å². The Kier molecular flexibility index (Phi) is 50.2. The monoisotopic (exact) mass is 875 g/mol. The van der Waals surface area contributed by atoms with Gasteiger partial charge in [0, 0.05) is 19.3 Å². The molecule has 0 amide bonds. The predicted octanol–water partition coefficient (Wildman–Crippen LogP) is 18.2. The van der Waals surface area contributed by atoms with Crippen molar-refractivity contribution in [2.24, 2.45) is 0 Å². The molecule has 0 aliphatic heterocycles. The van der Waals surface area contributed by atoms with Crippen molar-refractivity contribution in [2.45, 2.75) is 316 Å². The number of carbonyl (C=O) groups excluding carboxylic acids is 3. The summed E-state index contributed by atoms with van der Waals surface area (Å²) in [6, 6.07) is 0. The van der Waals surface area contributed by atoms with Gasteiger partial charge >= 0.3 is 17.9 Å². The summed E-state index contributed by atoms with van der Waals surface area (Å²) < 4.78 is 16.8. The van der Waals surface area contributed by atoms with Gasteiger partial charge in [-0.2, -0.15) is 0 Å². The van der Waals surface area contributed by atoms with E-state index in [1.165, 1.54) is 205 Å². The summed E-state index contributed by atoms with van der Waals surface area (Å²) in [5, 5.41) is 0. The summed E-state index contributed by atoms with van der Waals surface area (Å²) in [6.45, 7) is 6.66. The first-order valence-corrected chi connectivity index (χ1v) is 27.7. The molecule has 0 spiro atoms. The van der Waals surface area contributed by atoms with Crippen LogP contribution in [0.15, 0.2) is 12.2 Å². The molecule has 0 fully saturated rings. The second-order valence-electron chi connectivity index (χ2n) is 18.9. The highest BCUT2D eigenvalue weighted by atomic mass is 16.6. The number of unbranched alkanes of at least 4 members (excludes halogenated alkanes) is 38. The van der Waals surface area contributed by atoms with E-state index >= 15 is 0 Å². The van der Waals surface area contributed by atoms with Gasteiger partial charge in [-0.15, -0.1) is 0 Å². The number of ether oxygens (including phenoxy) is 3. The molecule has 6 heteroatoms. The van der Waals surface area contributed by atoms with E-state index in [0.717, 1.165) is 64.2 Å². The maximum atomic E-state index is 12.8. The minimum atomic E-state index is -0.767. The molecule has 0 unspecified atom stereocenters. The Hall–Kier alpha value is -1.85. The third-order valence-electron chi connectivity index (χ3n) is 12.5. The van der Waals surface area contributed by atoms with Crippen LogP contribution in [0.1, 0.15) is 310 Å². The van der Waals surface area contributed by atoms with Gasteiger partial charge in [0.2, 0.25) is 0 Å². The van der Waals surface area contributed by atoms with Crippen molar-refractivity contribution < 1.29 is 28.6 Å². The fourth-order valence-corrected chi connectivity index (χ4v) is 8.32. The molecule has 0 bridgehead atoms. The van der Waals surface area contributed by atoms with E-state index in [-0.39, 0.29) is 31.1 Å². The summed E-state index contributed by atoms with van der Waals surface area (Å²) in [4.78, 5) is 38.0. The zero-order valence-electron chi connectivity index (χ0n) is 41.9. The molecular formula is C56H106O6. The zero-order valence-corrected chi connectivity index (χ0v) is 41.9. The molecule has 0 aromatic rings. The van der Waals surface area contributed by atoms with Crippen LogP contribution in [0.4, 0.5) is 0 Å². The summed E-state index contributed by atoms with van der Waals surface area (Å²) in [7, 11) is 0. The van der Waals surface area contributed by atoms with Gasteiger partial charge in [-0.1, -0.05) is 258 Å². The lowest BCUT2D eigenvalue weighted by molar-refractivity contribution is -0.167. The largest absolute Gasteiger partial charge is 0.462 e. The third-order valence-corrected chi connectivity index (χ3v) is 12.5. The topological polar surface area (TPSA) is 78.9 Å². The van der Waals surface area contributed by atoms with Crippen LogP contribution in [0.2, 0.25) is 0 Å². The lowest BCUT2D eigenvalue weighted by atomic mass is 10.0. The van der Waals surface area contributed by atoms with Crippen LogP contribution in [0, 0.1) is 0 Å². The summed E-state index contributed by atoms with van der Waals surface area (Å²) >= 11 is 0. The average molecular weight is 875 g/mol. The fraction of sp³-hybridized carbons (Fsp3) is 0.911. The van der Waals surface area contributed by atoms with Gasteiger partial charge in [0.05, 0.1) is 0 Å². The fourth-order valence-electron chi connectivity index (χ4n) is 8.32. The molecule has 0 aromatic carbocycles. The van der Waals surface area contributed by atoms with Crippen molar-refractivity contribution in [3.8, 4) is 0 Å². The van der Waals surface area contributed by atoms with Crippen LogP contribution in [0.5, 0.6) is 0 Å². The first-order valence-electron chi connectivity index (χ1n) is 27.7. The number of hydrogen-bond donors (Lipinski definition) is 0. The molecule has 62 heavy (non-hydrogen) atoms. The summed E-state index contributed by atoms with van der Waals surface area (Å²) in [6.07, 6.45) is 57.7. The molecule has 0 N–H and O–H groups in total. The van der Waals surface area contributed by atoms with E-state index in [2.05, 4.69) is 32.9 Å². The normalized spacial score (nSPS) is 12.0. The number of esters is 3. The highest BCUT2D eigenvalue weighted by Crippen LogP contribution is 2.17. The number of hydrogen-bond acceptors (Lipinski definition) is 6. The molecule has 0 rings (SSSR count). The molecule has 366 valence electrons. The van der Waals surface area contributed by atoms with E-state index in [1.807, 2.05) is 0 Å². The van der Waals surface area contributed by atoms with Crippen molar-refractivity contribution in [3.05, 3.63) is 12.2 Å². The van der Waals surface area contributed by atoms with Crippen LogP contribution >= 0.6 is 0 Å². The van der Waals surface area contributed by atoms with E-state index in [1.54, 1.807) is 0 Å². The molecular weight excluding hydrogens is 769 g/mol. The lowest BCUT2D eigenvalue weighted by Crippen LogP contribution is -2.30. The van der Waals surface area contributed by atoms with Gasteiger partial charge in [0.15, 0.2) is 6.10 Å².